The van der Waals surface area contributed by atoms with Gasteiger partial charge in [0.15, 0.2) is 0 Å². The number of rotatable bonds is 22. The second-order valence-corrected chi connectivity index (χ2v) is 16.3. The average molecular weight is 772 g/mol. The first-order valence-electron chi connectivity index (χ1n) is 19.1. The van der Waals surface area contributed by atoms with Gasteiger partial charge < -0.3 is 33.3 Å². The number of anilines is 2. The van der Waals surface area contributed by atoms with Crippen LogP contribution in [0.3, 0.4) is 0 Å². The SMILES string of the molecule is COC1(c2ccc(OCCOCCOCCOc3ccc(CCCOC(=O)CCCCC4CCSS4)cc3)cc2)c2ccccc2N(C)c2ccccc21. The number of esters is 1. The van der Waals surface area contributed by atoms with E-state index < -0.39 is 5.60 Å². The van der Waals surface area contributed by atoms with Gasteiger partial charge in [-0.15, -0.1) is 0 Å². The van der Waals surface area contributed by atoms with Gasteiger partial charge in [-0.25, -0.2) is 0 Å². The Morgan fingerprint density at radius 3 is 1.91 bits per heavy atom. The molecule has 0 saturated carbocycles. The fourth-order valence-electron chi connectivity index (χ4n) is 7.09. The van der Waals surface area contributed by atoms with Crippen LogP contribution < -0.4 is 14.4 Å². The molecule has 4 aromatic rings. The molecule has 2 aliphatic heterocycles. The van der Waals surface area contributed by atoms with Gasteiger partial charge in [-0.05, 0) is 79.6 Å². The zero-order valence-electron chi connectivity index (χ0n) is 31.5. The van der Waals surface area contributed by atoms with Crippen molar-refractivity contribution in [3.8, 4) is 11.5 Å². The standard InChI is InChI=1S/C44H53NO7S2/c1-45-41-14-6-4-12-39(41)44(47-2,40-13-5-7-15-42(40)45)35-19-23-37(24-20-35)51-32-30-49-28-27-48-29-31-50-36-21-17-34(18-22-36)10-9-26-52-43(46)16-8-3-11-38-25-33-53-54-38/h4-7,12-15,17-24,38H,3,8-11,16,25-33H2,1-2H3. The Kier molecular flexibility index (Phi) is 15.5. The molecule has 288 valence electrons. The minimum absolute atomic E-state index is 0.0732. The highest BCUT2D eigenvalue weighted by molar-refractivity contribution is 8.77. The quantitative estimate of drug-likeness (QED) is 0.0439. The molecule has 1 atom stereocenters. The van der Waals surface area contributed by atoms with Crippen molar-refractivity contribution in [3.63, 3.8) is 0 Å². The Hall–Kier alpha value is -3.67. The number of benzene rings is 4. The highest BCUT2D eigenvalue weighted by atomic mass is 33.1. The van der Waals surface area contributed by atoms with E-state index in [0.717, 1.165) is 70.5 Å². The number of carbonyl (C=O) groups is 1. The summed E-state index contributed by atoms with van der Waals surface area (Å²) in [6, 6.07) is 33.1. The third-order valence-corrected chi connectivity index (χ3v) is 12.9. The van der Waals surface area contributed by atoms with Crippen LogP contribution in [0.1, 0.15) is 60.8 Å². The maximum Gasteiger partial charge on any atom is 0.305 e. The van der Waals surface area contributed by atoms with Crippen molar-refractivity contribution in [3.05, 3.63) is 119 Å². The summed E-state index contributed by atoms with van der Waals surface area (Å²) >= 11 is 0. The van der Waals surface area contributed by atoms with E-state index in [-0.39, 0.29) is 5.97 Å². The smallest absolute Gasteiger partial charge is 0.305 e. The van der Waals surface area contributed by atoms with Crippen molar-refractivity contribution in [1.82, 2.24) is 0 Å². The topological polar surface area (TPSA) is 75.7 Å². The van der Waals surface area contributed by atoms with Crippen LogP contribution in [0, 0.1) is 0 Å². The zero-order valence-corrected chi connectivity index (χ0v) is 33.2. The molecule has 8 nitrogen and oxygen atoms in total. The van der Waals surface area contributed by atoms with Crippen molar-refractivity contribution in [1.29, 1.82) is 0 Å². The molecule has 6 rings (SSSR count). The number of carbonyl (C=O) groups excluding carboxylic acids is 1. The maximum absolute atomic E-state index is 12.0. The molecule has 0 N–H and O–H groups in total. The van der Waals surface area contributed by atoms with Crippen LogP contribution in [0.5, 0.6) is 11.5 Å². The molecular formula is C44H53NO7S2. The first-order valence-corrected chi connectivity index (χ1v) is 21.5. The minimum atomic E-state index is -0.733. The minimum Gasteiger partial charge on any atom is -0.491 e. The molecule has 1 saturated heterocycles. The van der Waals surface area contributed by atoms with E-state index in [1.165, 1.54) is 24.2 Å². The van der Waals surface area contributed by atoms with E-state index >= 15 is 0 Å². The summed E-state index contributed by atoms with van der Waals surface area (Å²) in [5.41, 5.74) is 5.96. The Morgan fingerprint density at radius 2 is 1.31 bits per heavy atom. The Labute approximate surface area is 328 Å². The lowest BCUT2D eigenvalue weighted by Gasteiger charge is -2.43. The second-order valence-electron chi connectivity index (χ2n) is 13.5. The molecule has 1 fully saturated rings. The first kappa shape index (κ1) is 40.0. The predicted octanol–water partition coefficient (Wildman–Crippen LogP) is 9.39. The number of unbranched alkanes of at least 4 members (excludes halogenated alkanes) is 1. The number of para-hydroxylation sites is 2. The van der Waals surface area contributed by atoms with E-state index in [1.807, 2.05) is 45.9 Å². The largest absolute Gasteiger partial charge is 0.491 e. The van der Waals surface area contributed by atoms with Gasteiger partial charge in [0.05, 0.1) is 33.0 Å². The van der Waals surface area contributed by atoms with Crippen LogP contribution in [0.15, 0.2) is 97.1 Å². The lowest BCUT2D eigenvalue weighted by Crippen LogP contribution is -2.38. The molecule has 0 aliphatic carbocycles. The van der Waals surface area contributed by atoms with Crippen LogP contribution in [-0.4, -0.2) is 77.4 Å². The summed E-state index contributed by atoms with van der Waals surface area (Å²) in [7, 11) is 7.85. The number of methoxy groups -OCH3 is 1. The summed E-state index contributed by atoms with van der Waals surface area (Å²) < 4.78 is 35.1. The van der Waals surface area contributed by atoms with Gasteiger partial charge in [0, 0.05) is 54.1 Å². The lowest BCUT2D eigenvalue weighted by atomic mass is 9.76. The van der Waals surface area contributed by atoms with Crippen molar-refractivity contribution >= 4 is 38.9 Å². The number of nitrogens with zero attached hydrogens (tertiary/aromatic N) is 1. The molecule has 2 aliphatic rings. The van der Waals surface area contributed by atoms with E-state index in [4.69, 9.17) is 28.4 Å². The molecule has 2 heterocycles. The van der Waals surface area contributed by atoms with Gasteiger partial charge in [0.1, 0.15) is 30.3 Å². The number of aryl methyl sites for hydroxylation is 1. The highest BCUT2D eigenvalue weighted by Gasteiger charge is 2.44. The highest BCUT2D eigenvalue weighted by Crippen LogP contribution is 2.52. The Balaban J connectivity index is 0.806. The molecular weight excluding hydrogens is 719 g/mol. The van der Waals surface area contributed by atoms with E-state index in [2.05, 4.69) is 84.7 Å². The van der Waals surface area contributed by atoms with E-state index in [0.29, 0.717) is 52.7 Å². The summed E-state index contributed by atoms with van der Waals surface area (Å²) in [5, 5.41) is 0.775. The molecule has 10 heteroatoms. The molecule has 4 aromatic carbocycles. The maximum atomic E-state index is 12.0. The van der Waals surface area contributed by atoms with Gasteiger partial charge in [-0.2, -0.15) is 0 Å². The number of fused-ring (bicyclic) bond motifs is 2. The Morgan fingerprint density at radius 1 is 0.722 bits per heavy atom. The molecule has 0 bridgehead atoms. The Bertz CT molecular complexity index is 1680. The third kappa shape index (κ3) is 10.5. The number of hydrogen-bond donors (Lipinski definition) is 0. The van der Waals surface area contributed by atoms with Gasteiger partial charge in [0.2, 0.25) is 0 Å². The molecule has 0 aromatic heterocycles. The van der Waals surface area contributed by atoms with Crippen LogP contribution in [0.2, 0.25) is 0 Å². The monoisotopic (exact) mass is 771 g/mol. The van der Waals surface area contributed by atoms with Crippen molar-refractivity contribution in [2.45, 2.75) is 55.8 Å². The van der Waals surface area contributed by atoms with Gasteiger partial charge >= 0.3 is 5.97 Å². The fraction of sp³-hybridized carbons (Fsp3) is 0.432. The second kappa shape index (κ2) is 20.9. The van der Waals surface area contributed by atoms with Gasteiger partial charge in [-0.3, -0.25) is 4.79 Å². The van der Waals surface area contributed by atoms with Crippen molar-refractivity contribution < 1.29 is 33.2 Å². The molecule has 0 radical (unpaired) electrons. The predicted molar refractivity (Wildman–Crippen MR) is 220 cm³/mol. The summed E-state index contributed by atoms with van der Waals surface area (Å²) in [6.45, 7) is 3.28. The summed E-state index contributed by atoms with van der Waals surface area (Å²) in [5.74, 6) is 2.78. The van der Waals surface area contributed by atoms with E-state index in [9.17, 15) is 4.79 Å². The molecule has 0 amide bonds. The van der Waals surface area contributed by atoms with Crippen LogP contribution in [-0.2, 0) is 35.8 Å². The first-order chi connectivity index (χ1) is 26.6. The van der Waals surface area contributed by atoms with Gasteiger partial charge in [0.25, 0.3) is 0 Å². The summed E-state index contributed by atoms with van der Waals surface area (Å²) in [6.07, 6.45) is 6.76. The molecule has 54 heavy (non-hydrogen) atoms. The lowest BCUT2D eigenvalue weighted by molar-refractivity contribution is -0.143. The molecule has 0 spiro atoms. The van der Waals surface area contributed by atoms with Crippen molar-refractivity contribution in [2.24, 2.45) is 0 Å². The molecule has 1 unspecified atom stereocenters. The third-order valence-electron chi connectivity index (χ3n) is 9.90. The fourth-order valence-corrected chi connectivity index (χ4v) is 10.1. The summed E-state index contributed by atoms with van der Waals surface area (Å²) in [4.78, 5) is 14.2. The van der Waals surface area contributed by atoms with Crippen LogP contribution in [0.4, 0.5) is 11.4 Å². The zero-order chi connectivity index (χ0) is 37.4. The average Bonchev–Trinajstić information content (AvgIpc) is 3.74. The van der Waals surface area contributed by atoms with E-state index in [1.54, 1.807) is 7.11 Å². The number of ether oxygens (including phenoxy) is 6. The van der Waals surface area contributed by atoms with Crippen LogP contribution >= 0.6 is 21.6 Å². The van der Waals surface area contributed by atoms with Gasteiger partial charge in [-0.1, -0.05) is 88.7 Å². The number of hydrogen-bond acceptors (Lipinski definition) is 10. The van der Waals surface area contributed by atoms with Crippen LogP contribution in [0.25, 0.3) is 0 Å². The normalized spacial score (nSPS) is 15.7. The van der Waals surface area contributed by atoms with Crippen molar-refractivity contribution in [2.75, 3.05) is 71.1 Å².